The van der Waals surface area contributed by atoms with Crippen molar-refractivity contribution < 1.29 is 42.6 Å². The highest BCUT2D eigenvalue weighted by atomic mass is 28.4. The van der Waals surface area contributed by atoms with E-state index in [0.29, 0.717) is 82.2 Å². The summed E-state index contributed by atoms with van der Waals surface area (Å²) in [6.07, 6.45) is 11.7. The van der Waals surface area contributed by atoms with Gasteiger partial charge in [0.25, 0.3) is 0 Å². The molecule has 4 amide bonds. The molecule has 1 N–H and O–H groups in total. The fourth-order valence-corrected chi connectivity index (χ4v) is 14.1. The summed E-state index contributed by atoms with van der Waals surface area (Å²) < 4.78 is 30.0. The quantitative estimate of drug-likeness (QED) is 0.0808. The van der Waals surface area contributed by atoms with Crippen molar-refractivity contribution in [3.8, 4) is 0 Å². The third-order valence-electron chi connectivity index (χ3n) is 17.5. The molecule has 0 aliphatic heterocycles. The van der Waals surface area contributed by atoms with Crippen LogP contribution in [0, 0.1) is 46.3 Å². The monoisotopic (exact) mass is 1030 g/mol. The van der Waals surface area contributed by atoms with Crippen LogP contribution in [0.2, 0.25) is 18.1 Å². The van der Waals surface area contributed by atoms with Crippen LogP contribution >= 0.6 is 0 Å². The lowest BCUT2D eigenvalue weighted by Crippen LogP contribution is -2.56. The van der Waals surface area contributed by atoms with Crippen molar-refractivity contribution in [1.29, 1.82) is 0 Å². The molecule has 4 rings (SSSR count). The van der Waals surface area contributed by atoms with E-state index in [-0.39, 0.29) is 28.7 Å². The van der Waals surface area contributed by atoms with Gasteiger partial charge >= 0.3 is 24.4 Å². The van der Waals surface area contributed by atoms with E-state index in [1.165, 1.54) is 38.5 Å². The first-order chi connectivity index (χ1) is 32.9. The molecule has 14 heteroatoms. The van der Waals surface area contributed by atoms with Gasteiger partial charge in [0.15, 0.2) is 8.32 Å². The van der Waals surface area contributed by atoms with Gasteiger partial charge in [-0.3, -0.25) is 0 Å². The van der Waals surface area contributed by atoms with Gasteiger partial charge in [-0.05, 0) is 231 Å². The summed E-state index contributed by atoms with van der Waals surface area (Å²) >= 11 is 0. The van der Waals surface area contributed by atoms with E-state index in [4.69, 9.17) is 23.4 Å². The molecule has 0 unspecified atom stereocenters. The van der Waals surface area contributed by atoms with Crippen LogP contribution in [0.15, 0.2) is 0 Å². The van der Waals surface area contributed by atoms with Gasteiger partial charge in [0, 0.05) is 51.9 Å². The first-order valence-corrected chi connectivity index (χ1v) is 31.3. The minimum absolute atomic E-state index is 0.0779. The number of carbonyl (C=O) groups excluding carboxylic acids is 4. The maximum atomic E-state index is 14.2. The third kappa shape index (κ3) is 17.4. The molecule has 0 aromatic heterocycles. The highest BCUT2D eigenvalue weighted by molar-refractivity contribution is 6.74. The first-order valence-electron chi connectivity index (χ1n) is 28.4. The fraction of sp³-hybridized carbons (Fsp3) is 0.931. The predicted molar refractivity (Wildman–Crippen MR) is 293 cm³/mol. The van der Waals surface area contributed by atoms with E-state index in [9.17, 15) is 19.2 Å². The lowest BCUT2D eigenvalue weighted by Gasteiger charge is -2.62. The first kappa shape index (κ1) is 61.8. The van der Waals surface area contributed by atoms with Crippen LogP contribution in [0.1, 0.15) is 208 Å². The van der Waals surface area contributed by atoms with Gasteiger partial charge in [-0.25, -0.2) is 19.2 Å². The molecule has 4 aliphatic carbocycles. The Morgan fingerprint density at radius 1 is 0.583 bits per heavy atom. The number of nitrogens with zero attached hydrogens (tertiary/aromatic N) is 3. The second kappa shape index (κ2) is 24.1. The van der Waals surface area contributed by atoms with E-state index < -0.39 is 42.9 Å². The Kier molecular flexibility index (Phi) is 20.7. The molecule has 13 nitrogen and oxygen atoms in total. The lowest BCUT2D eigenvalue weighted by atomic mass is 9.44. The molecule has 0 spiro atoms. The Balaban J connectivity index is 1.41. The Morgan fingerprint density at radius 3 is 1.60 bits per heavy atom. The molecule has 0 aromatic carbocycles. The summed E-state index contributed by atoms with van der Waals surface area (Å²) in [5, 5.41) is 2.99. The Hall–Kier alpha value is -2.74. The number of carbonyl (C=O) groups is 4. The average Bonchev–Trinajstić information content (AvgIpc) is 3.57. The molecule has 4 saturated carbocycles. The molecular formula is C58H108N4O9Si. The summed E-state index contributed by atoms with van der Waals surface area (Å²) in [5.41, 5.74) is -1.95. The minimum atomic E-state index is -1.81. The molecule has 0 heterocycles. The lowest BCUT2D eigenvalue weighted by molar-refractivity contribution is -0.124. The largest absolute Gasteiger partial charge is 0.444 e. The van der Waals surface area contributed by atoms with Crippen molar-refractivity contribution in [3.63, 3.8) is 0 Å². The van der Waals surface area contributed by atoms with Gasteiger partial charge in [-0.2, -0.15) is 0 Å². The highest BCUT2D eigenvalue weighted by Crippen LogP contribution is 2.68. The Labute approximate surface area is 440 Å². The average molecular weight is 1030 g/mol. The zero-order valence-electron chi connectivity index (χ0n) is 49.7. The van der Waals surface area contributed by atoms with Crippen molar-refractivity contribution in [2.24, 2.45) is 46.3 Å². The molecule has 9 atom stereocenters. The predicted octanol–water partition coefficient (Wildman–Crippen LogP) is 14.5. The number of fused-ring (bicyclic) bond motifs is 5. The van der Waals surface area contributed by atoms with Crippen LogP contribution in [0.25, 0.3) is 0 Å². The van der Waals surface area contributed by atoms with E-state index in [1.54, 1.807) is 9.80 Å². The SMILES string of the molecule is C[C@H](CO[Si](C)(C)C(C)(C)C)[C@H]1CC[C@H]2[C@@H]3CC[C@H]4C[C@H](N(CCCN(CCCCN(CCCNC(=O)OC(C)(C)C)C(=O)OC(C)(C)C)C(=O)OC(C)(C)C)C(=O)OC(C)(C)C)CC[C@]4(C)[C@H]3CC[C@]12C. The van der Waals surface area contributed by atoms with Gasteiger partial charge in [-0.15, -0.1) is 0 Å². The van der Waals surface area contributed by atoms with Gasteiger partial charge in [-0.1, -0.05) is 41.5 Å². The van der Waals surface area contributed by atoms with E-state index in [0.717, 1.165) is 49.5 Å². The Morgan fingerprint density at radius 2 is 1.07 bits per heavy atom. The molecule has 0 bridgehead atoms. The van der Waals surface area contributed by atoms with Crippen molar-refractivity contribution in [1.82, 2.24) is 20.0 Å². The molecule has 418 valence electrons. The van der Waals surface area contributed by atoms with E-state index in [2.05, 4.69) is 60.0 Å². The summed E-state index contributed by atoms with van der Waals surface area (Å²) in [7, 11) is -1.81. The second-order valence-corrected chi connectivity index (χ2v) is 33.6. The van der Waals surface area contributed by atoms with Gasteiger partial charge in [0.05, 0.1) is 0 Å². The van der Waals surface area contributed by atoms with Crippen LogP contribution in [-0.4, -0.2) is 122 Å². The molecule has 4 fully saturated rings. The minimum Gasteiger partial charge on any atom is -0.444 e. The zero-order valence-corrected chi connectivity index (χ0v) is 50.7. The number of amides is 4. The summed E-state index contributed by atoms with van der Waals surface area (Å²) in [6, 6.07) is 0.0779. The number of ether oxygens (including phenoxy) is 4. The molecule has 4 aliphatic rings. The van der Waals surface area contributed by atoms with E-state index in [1.807, 2.05) is 88.0 Å². The number of alkyl carbamates (subject to hydrolysis) is 1. The molecule has 0 radical (unpaired) electrons. The molecule has 72 heavy (non-hydrogen) atoms. The normalized spacial score (nSPS) is 27.3. The fourth-order valence-electron chi connectivity index (χ4n) is 13.0. The number of hydrogen-bond acceptors (Lipinski definition) is 9. The van der Waals surface area contributed by atoms with Gasteiger partial charge < -0.3 is 43.4 Å². The van der Waals surface area contributed by atoms with E-state index >= 15 is 0 Å². The third-order valence-corrected chi connectivity index (χ3v) is 22.0. The number of nitrogens with one attached hydrogen (secondary N) is 1. The van der Waals surface area contributed by atoms with Crippen LogP contribution < -0.4 is 5.32 Å². The standard InChI is InChI=1S/C58H108N4O9Si/c1-41(40-67-72(19,20)56(14,15)16)45-27-28-46-44-26-25-42-39-43(29-31-57(42,17)47(44)30-32-58(45,46)18)62(51(66)71-55(11,12)13)38-24-37-61(50(65)70-54(8,9)10)35-22-21-34-60(49(64)69-53(5,6)7)36-23-33-59-48(63)68-52(2,3)4/h41-47H,21-40H2,1-20H3,(H,59,63)/t41-,42+,43-,44+,45-,46+,47+,57+,58-/m1/s1. The highest BCUT2D eigenvalue weighted by Gasteiger charge is 2.61. The van der Waals surface area contributed by atoms with Crippen molar-refractivity contribution in [3.05, 3.63) is 0 Å². The summed E-state index contributed by atoms with van der Waals surface area (Å²) in [5.74, 6) is 4.12. The van der Waals surface area contributed by atoms with Crippen LogP contribution in [-0.2, 0) is 23.4 Å². The molecular weight excluding hydrogens is 925 g/mol. The topological polar surface area (TPSA) is 136 Å². The van der Waals surface area contributed by atoms with Crippen molar-refractivity contribution >= 4 is 32.7 Å². The van der Waals surface area contributed by atoms with Gasteiger partial charge in [0.1, 0.15) is 22.4 Å². The molecule has 0 aromatic rings. The maximum absolute atomic E-state index is 14.2. The van der Waals surface area contributed by atoms with Crippen LogP contribution in [0.5, 0.6) is 0 Å². The van der Waals surface area contributed by atoms with Crippen molar-refractivity contribution in [2.45, 2.75) is 255 Å². The maximum Gasteiger partial charge on any atom is 0.410 e. The van der Waals surface area contributed by atoms with Crippen molar-refractivity contribution in [2.75, 3.05) is 45.9 Å². The Bertz CT molecular complexity index is 1790. The summed E-state index contributed by atoms with van der Waals surface area (Å²) in [6.45, 7) is 45.3. The molecule has 0 saturated heterocycles. The van der Waals surface area contributed by atoms with Gasteiger partial charge in [0.2, 0.25) is 0 Å². The van der Waals surface area contributed by atoms with Crippen LogP contribution in [0.4, 0.5) is 19.2 Å². The number of unbranched alkanes of at least 4 members (excludes halogenated alkanes) is 1. The zero-order chi connectivity index (χ0) is 54.5. The number of hydrogen-bond donors (Lipinski definition) is 1. The number of rotatable bonds is 18. The smallest absolute Gasteiger partial charge is 0.410 e. The second-order valence-electron chi connectivity index (χ2n) is 28.8. The summed E-state index contributed by atoms with van der Waals surface area (Å²) in [4.78, 5) is 59.0. The van der Waals surface area contributed by atoms with Crippen LogP contribution in [0.3, 0.4) is 0 Å².